The van der Waals surface area contributed by atoms with Gasteiger partial charge in [-0.25, -0.2) is 0 Å². The molecule has 0 amide bonds. The molecule has 5 heteroatoms. The number of benzene rings is 1. The Morgan fingerprint density at radius 1 is 1.44 bits per heavy atom. The molecule has 0 saturated heterocycles. The fraction of sp³-hybridized carbons (Fsp3) is 0.364. The lowest BCUT2D eigenvalue weighted by Gasteiger charge is -2.21. The van der Waals surface area contributed by atoms with Crippen LogP contribution in [-0.2, 0) is 11.2 Å². The molecule has 16 heavy (non-hydrogen) atoms. The van der Waals surface area contributed by atoms with E-state index >= 15 is 0 Å². The third-order valence-electron chi connectivity index (χ3n) is 2.24. The molecule has 1 N–H and O–H groups in total. The van der Waals surface area contributed by atoms with Crippen molar-refractivity contribution in [2.75, 3.05) is 20.3 Å². The van der Waals surface area contributed by atoms with Crippen molar-refractivity contribution in [1.29, 1.82) is 0 Å². The number of hydrogen-bond donors (Lipinski definition) is 1. The maximum Gasteiger partial charge on any atom is 0.307 e. The number of hydrogen-bond acceptors (Lipinski definition) is 4. The van der Waals surface area contributed by atoms with Crippen LogP contribution >= 0.6 is 0 Å². The SMILES string of the molecule is COc1cc(CC(=O)O)cc2c1OCCO2. The van der Waals surface area contributed by atoms with Gasteiger partial charge in [0.15, 0.2) is 11.5 Å². The number of aliphatic carboxylic acids is 1. The van der Waals surface area contributed by atoms with Crippen LogP contribution in [0.15, 0.2) is 12.1 Å². The van der Waals surface area contributed by atoms with Crippen molar-refractivity contribution in [2.45, 2.75) is 6.42 Å². The summed E-state index contributed by atoms with van der Waals surface area (Å²) in [5.74, 6) is 0.705. The zero-order valence-corrected chi connectivity index (χ0v) is 8.86. The van der Waals surface area contributed by atoms with Crippen LogP contribution in [0, 0.1) is 0 Å². The summed E-state index contributed by atoms with van der Waals surface area (Å²) in [7, 11) is 1.51. The highest BCUT2D eigenvalue weighted by Gasteiger charge is 2.18. The summed E-state index contributed by atoms with van der Waals surface area (Å²) in [4.78, 5) is 10.6. The molecule has 0 aliphatic carbocycles. The van der Waals surface area contributed by atoms with Gasteiger partial charge in [0.25, 0.3) is 0 Å². The largest absolute Gasteiger partial charge is 0.493 e. The van der Waals surface area contributed by atoms with Crippen molar-refractivity contribution >= 4 is 5.97 Å². The Morgan fingerprint density at radius 2 is 2.19 bits per heavy atom. The molecule has 0 fully saturated rings. The van der Waals surface area contributed by atoms with Crippen LogP contribution in [0.2, 0.25) is 0 Å². The molecular weight excluding hydrogens is 212 g/mol. The molecule has 5 nitrogen and oxygen atoms in total. The van der Waals surface area contributed by atoms with Gasteiger partial charge in [0.05, 0.1) is 13.5 Å². The first-order valence-electron chi connectivity index (χ1n) is 4.89. The Kier molecular flexibility index (Phi) is 2.85. The Balaban J connectivity index is 2.39. The second kappa shape index (κ2) is 4.30. The van der Waals surface area contributed by atoms with Crippen LogP contribution in [0.25, 0.3) is 0 Å². The number of carboxylic acids is 1. The molecule has 0 radical (unpaired) electrons. The van der Waals surface area contributed by atoms with Crippen molar-refractivity contribution in [3.05, 3.63) is 17.7 Å². The molecule has 0 saturated carbocycles. The lowest BCUT2D eigenvalue weighted by Crippen LogP contribution is -2.16. The van der Waals surface area contributed by atoms with Crippen LogP contribution in [0.4, 0.5) is 0 Å². The first-order valence-corrected chi connectivity index (χ1v) is 4.89. The molecule has 1 aromatic rings. The monoisotopic (exact) mass is 224 g/mol. The maximum atomic E-state index is 10.6. The van der Waals surface area contributed by atoms with Gasteiger partial charge in [-0.3, -0.25) is 4.79 Å². The van der Waals surface area contributed by atoms with Crippen LogP contribution in [0.5, 0.6) is 17.2 Å². The summed E-state index contributed by atoms with van der Waals surface area (Å²) in [6.45, 7) is 0.939. The average molecular weight is 224 g/mol. The standard InChI is InChI=1S/C11H12O5/c1-14-8-4-7(6-10(12)13)5-9-11(8)16-3-2-15-9/h4-5H,2-3,6H2,1H3,(H,12,13). The summed E-state index contributed by atoms with van der Waals surface area (Å²) >= 11 is 0. The first kappa shape index (κ1) is 10.6. The molecule has 1 heterocycles. The van der Waals surface area contributed by atoms with E-state index in [9.17, 15) is 4.79 Å². The average Bonchev–Trinajstić information content (AvgIpc) is 2.27. The predicted molar refractivity (Wildman–Crippen MR) is 55.3 cm³/mol. The van der Waals surface area contributed by atoms with Gasteiger partial charge in [-0.05, 0) is 17.7 Å². The van der Waals surface area contributed by atoms with Gasteiger partial charge in [-0.15, -0.1) is 0 Å². The number of ether oxygens (including phenoxy) is 3. The summed E-state index contributed by atoms with van der Waals surface area (Å²) < 4.78 is 15.9. The summed E-state index contributed by atoms with van der Waals surface area (Å²) in [5, 5.41) is 8.72. The quantitative estimate of drug-likeness (QED) is 0.832. The van der Waals surface area contributed by atoms with E-state index in [1.165, 1.54) is 7.11 Å². The van der Waals surface area contributed by atoms with Gasteiger partial charge in [0.2, 0.25) is 5.75 Å². The summed E-state index contributed by atoms with van der Waals surface area (Å²) in [6, 6.07) is 3.33. The highest BCUT2D eigenvalue weighted by Crippen LogP contribution is 2.40. The van der Waals surface area contributed by atoms with E-state index in [0.717, 1.165) is 0 Å². The summed E-state index contributed by atoms with van der Waals surface area (Å²) in [6.07, 6.45) is -0.0625. The number of fused-ring (bicyclic) bond motifs is 1. The van der Waals surface area contributed by atoms with Gasteiger partial charge < -0.3 is 19.3 Å². The molecule has 1 aromatic carbocycles. The fourth-order valence-electron chi connectivity index (χ4n) is 1.60. The van der Waals surface area contributed by atoms with Crippen molar-refractivity contribution in [2.24, 2.45) is 0 Å². The zero-order chi connectivity index (χ0) is 11.5. The number of methoxy groups -OCH3 is 1. The van der Waals surface area contributed by atoms with E-state index in [1.54, 1.807) is 12.1 Å². The van der Waals surface area contributed by atoms with Crippen LogP contribution in [-0.4, -0.2) is 31.4 Å². The second-order valence-corrected chi connectivity index (χ2v) is 3.39. The molecule has 1 aliphatic heterocycles. The maximum absolute atomic E-state index is 10.6. The lowest BCUT2D eigenvalue weighted by molar-refractivity contribution is -0.136. The van der Waals surface area contributed by atoms with E-state index in [4.69, 9.17) is 19.3 Å². The van der Waals surface area contributed by atoms with Gasteiger partial charge >= 0.3 is 5.97 Å². The van der Waals surface area contributed by atoms with Crippen LogP contribution in [0.1, 0.15) is 5.56 Å². The zero-order valence-electron chi connectivity index (χ0n) is 8.86. The van der Waals surface area contributed by atoms with Gasteiger partial charge in [-0.2, -0.15) is 0 Å². The minimum absolute atomic E-state index is 0.0625. The van der Waals surface area contributed by atoms with Gasteiger partial charge in [0, 0.05) is 0 Å². The fourth-order valence-corrected chi connectivity index (χ4v) is 1.60. The normalized spacial score (nSPS) is 13.3. The van der Waals surface area contributed by atoms with E-state index in [-0.39, 0.29) is 6.42 Å². The Hall–Kier alpha value is -1.91. The minimum atomic E-state index is -0.890. The molecule has 86 valence electrons. The van der Waals surface area contributed by atoms with Gasteiger partial charge in [-0.1, -0.05) is 0 Å². The molecule has 0 spiro atoms. The highest BCUT2D eigenvalue weighted by molar-refractivity contribution is 5.71. The number of carboxylic acid groups (broad SMARTS) is 1. The lowest BCUT2D eigenvalue weighted by atomic mass is 10.1. The third kappa shape index (κ3) is 2.03. The molecule has 1 aliphatic rings. The third-order valence-corrected chi connectivity index (χ3v) is 2.24. The van der Waals surface area contributed by atoms with Crippen molar-refractivity contribution in [3.63, 3.8) is 0 Å². The predicted octanol–water partition coefficient (Wildman–Crippen LogP) is 1.09. The summed E-state index contributed by atoms with van der Waals surface area (Å²) in [5.41, 5.74) is 0.633. The molecule has 0 aromatic heterocycles. The number of carbonyl (C=O) groups is 1. The van der Waals surface area contributed by atoms with Crippen LogP contribution in [0.3, 0.4) is 0 Å². The van der Waals surface area contributed by atoms with E-state index < -0.39 is 5.97 Å². The number of rotatable bonds is 3. The first-order chi connectivity index (χ1) is 7.70. The van der Waals surface area contributed by atoms with Crippen LogP contribution < -0.4 is 14.2 Å². The molecular formula is C11H12O5. The second-order valence-electron chi connectivity index (χ2n) is 3.39. The highest BCUT2D eigenvalue weighted by atomic mass is 16.6. The van der Waals surface area contributed by atoms with Crippen molar-refractivity contribution in [3.8, 4) is 17.2 Å². The molecule has 2 rings (SSSR count). The Labute approximate surface area is 92.5 Å². The topological polar surface area (TPSA) is 65.0 Å². The van der Waals surface area contributed by atoms with Gasteiger partial charge in [0.1, 0.15) is 13.2 Å². The van der Waals surface area contributed by atoms with Crippen molar-refractivity contribution in [1.82, 2.24) is 0 Å². The molecule has 0 unspecified atom stereocenters. The smallest absolute Gasteiger partial charge is 0.307 e. The Morgan fingerprint density at radius 3 is 2.88 bits per heavy atom. The molecule has 0 atom stereocenters. The van der Waals surface area contributed by atoms with E-state index in [0.29, 0.717) is 36.0 Å². The minimum Gasteiger partial charge on any atom is -0.493 e. The molecule has 0 bridgehead atoms. The van der Waals surface area contributed by atoms with E-state index in [1.807, 2.05) is 0 Å². The van der Waals surface area contributed by atoms with E-state index in [2.05, 4.69) is 0 Å². The Bertz CT molecular complexity index is 396. The van der Waals surface area contributed by atoms with Crippen molar-refractivity contribution < 1.29 is 24.1 Å².